The summed E-state index contributed by atoms with van der Waals surface area (Å²) in [5.41, 5.74) is 5.04. The lowest BCUT2D eigenvalue weighted by atomic mass is 10.6. The number of carbonyl (C=O) groups excluding carboxylic acids is 1. The molecule has 0 saturated carbocycles. The van der Waals surface area contributed by atoms with Crippen LogP contribution in [0.1, 0.15) is 0 Å². The number of nitrogens with zero attached hydrogens (tertiary/aromatic N) is 1. The van der Waals surface area contributed by atoms with Gasteiger partial charge in [0.25, 0.3) is 0 Å². The van der Waals surface area contributed by atoms with Crippen molar-refractivity contribution >= 4 is 43.2 Å². The summed E-state index contributed by atoms with van der Waals surface area (Å²) in [6.45, 7) is 0.516. The molecule has 0 fully saturated rings. The molecule has 0 radical (unpaired) electrons. The van der Waals surface area contributed by atoms with Crippen LogP contribution in [0, 0.1) is 0 Å². The molecule has 0 aliphatic carbocycles. The number of esters is 1. The number of nitrogens with two attached hydrogens (primary N) is 1. The van der Waals surface area contributed by atoms with E-state index in [-0.39, 0.29) is 38.0 Å². The predicted molar refractivity (Wildman–Crippen MR) is 49.2 cm³/mol. The monoisotopic (exact) mass is 220 g/mol. The summed E-state index contributed by atoms with van der Waals surface area (Å²) in [6, 6.07) is 0. The summed E-state index contributed by atoms with van der Waals surface area (Å²) in [6.07, 6.45) is 0. The molecule has 0 aliphatic heterocycles. The van der Waals surface area contributed by atoms with Crippen molar-refractivity contribution in [1.29, 1.82) is 0 Å². The van der Waals surface area contributed by atoms with Crippen molar-refractivity contribution in [2.75, 3.05) is 19.7 Å². The molecule has 4 nitrogen and oxygen atoms in total. The first kappa shape index (κ1) is 17.2. The number of halogens is 2. The fraction of sp³-hybridized carbons (Fsp3) is 0.750. The second-order valence-corrected chi connectivity index (χ2v) is 1.55. The van der Waals surface area contributed by atoms with E-state index in [1.807, 2.05) is 0 Å². The number of carbonyl (C=O) groups is 1. The summed E-state index contributed by atoms with van der Waals surface area (Å²) in [5, 5.41) is 0. The molecule has 0 amide bonds. The van der Waals surface area contributed by atoms with Crippen molar-refractivity contribution in [3.8, 4) is 0 Å². The zero-order valence-electron chi connectivity index (χ0n) is 5.69. The third-order valence-electron chi connectivity index (χ3n) is 0.575. The van der Waals surface area contributed by atoms with Gasteiger partial charge in [0.2, 0.25) is 0 Å². The molecule has 2 N–H and O–H groups in total. The van der Waals surface area contributed by atoms with Crippen molar-refractivity contribution in [1.82, 2.24) is 0 Å². The number of ether oxygens (including phenoxy) is 1. The molecule has 0 aromatic heterocycles. The molecule has 0 aromatic rings. The molecule has 0 aromatic carbocycles. The Bertz CT molecular complexity index is 114. The van der Waals surface area contributed by atoms with Crippen molar-refractivity contribution in [2.45, 2.75) is 0 Å². The highest BCUT2D eigenvalue weighted by Crippen LogP contribution is 1.76. The van der Waals surface area contributed by atoms with E-state index in [0.717, 1.165) is 0 Å². The van der Waals surface area contributed by atoms with Crippen LogP contribution in [0.4, 0.5) is 0 Å². The molecule has 0 bridgehead atoms. The van der Waals surface area contributed by atoms with Gasteiger partial charge in [0, 0.05) is 19.0 Å². The van der Waals surface area contributed by atoms with Gasteiger partial charge in [-0.3, -0.25) is 4.79 Å². The summed E-state index contributed by atoms with van der Waals surface area (Å²) in [7, 11) is 0. The minimum atomic E-state index is -0.421. The normalized spacial score (nSPS) is 7.00. The van der Waals surface area contributed by atoms with E-state index < -0.39 is 5.97 Å². The van der Waals surface area contributed by atoms with Crippen LogP contribution in [-0.4, -0.2) is 25.7 Å². The summed E-state index contributed by atoms with van der Waals surface area (Å²) >= 11 is 4.17. The van der Waals surface area contributed by atoms with Crippen LogP contribution in [0.25, 0.3) is 0 Å². The van der Waals surface area contributed by atoms with Gasteiger partial charge in [-0.2, -0.15) is 0 Å². The predicted octanol–water partition coefficient (Wildman–Crippen LogP) is 0.0624. The van der Waals surface area contributed by atoms with Crippen molar-refractivity contribution < 1.29 is 9.53 Å². The van der Waals surface area contributed by atoms with E-state index in [9.17, 15) is 4.79 Å². The van der Waals surface area contributed by atoms with Gasteiger partial charge in [-0.15, -0.1) is 24.8 Å². The Morgan fingerprint density at radius 1 is 1.55 bits per heavy atom. The summed E-state index contributed by atoms with van der Waals surface area (Å²) in [4.78, 5) is 10.4. The quantitative estimate of drug-likeness (QED) is 0.682. The molecule has 0 spiro atoms. The van der Waals surface area contributed by atoms with Gasteiger partial charge in [-0.25, -0.2) is 4.36 Å². The molecule has 0 atom stereocenters. The van der Waals surface area contributed by atoms with Crippen LogP contribution in [0.15, 0.2) is 4.36 Å². The van der Waals surface area contributed by atoms with E-state index >= 15 is 0 Å². The highest BCUT2D eigenvalue weighted by Gasteiger charge is 1.97. The number of hydrogen-bond acceptors (Lipinski definition) is 5. The topological polar surface area (TPSA) is 64.7 Å². The molecule has 0 unspecified atom stereocenters. The Balaban J connectivity index is -0.000000320. The van der Waals surface area contributed by atoms with Crippen LogP contribution in [0.3, 0.4) is 0 Å². The Labute approximate surface area is 82.8 Å². The van der Waals surface area contributed by atoms with Crippen molar-refractivity contribution in [3.63, 3.8) is 0 Å². The maximum Gasteiger partial charge on any atom is 0.328 e. The van der Waals surface area contributed by atoms with Gasteiger partial charge < -0.3 is 10.5 Å². The first-order chi connectivity index (χ1) is 4.31. The zero-order chi connectivity index (χ0) is 7.11. The Morgan fingerprint density at radius 2 is 2.09 bits per heavy atom. The van der Waals surface area contributed by atoms with Gasteiger partial charge in [-0.1, -0.05) is 0 Å². The minimum Gasteiger partial charge on any atom is -0.463 e. The van der Waals surface area contributed by atoms with Gasteiger partial charge in [0.1, 0.15) is 13.2 Å². The Hall–Kier alpha value is 0.0300. The van der Waals surface area contributed by atoms with E-state index in [0.29, 0.717) is 6.54 Å². The van der Waals surface area contributed by atoms with Gasteiger partial charge in [-0.05, 0) is 0 Å². The second kappa shape index (κ2) is 12.7. The fourth-order valence-corrected chi connectivity index (χ4v) is 0.377. The molecule has 0 aliphatic rings. The van der Waals surface area contributed by atoms with Gasteiger partial charge >= 0.3 is 5.97 Å². The second-order valence-electron chi connectivity index (χ2n) is 1.30. The summed E-state index contributed by atoms with van der Waals surface area (Å²) in [5.74, 6) is -0.421. The molecule has 0 rings (SSSR count). The maximum absolute atomic E-state index is 10.4. The largest absolute Gasteiger partial charge is 0.463 e. The van der Waals surface area contributed by atoms with Crippen molar-refractivity contribution in [3.05, 3.63) is 0 Å². The van der Waals surface area contributed by atoms with E-state index in [1.54, 1.807) is 0 Å². The van der Waals surface area contributed by atoms with Crippen LogP contribution < -0.4 is 5.73 Å². The molecule has 11 heavy (non-hydrogen) atoms. The third kappa shape index (κ3) is 13.1. The fourth-order valence-electron chi connectivity index (χ4n) is 0.271. The minimum absolute atomic E-state index is 0. The SMILES string of the molecule is Cl.Cl.NCCOC(=O)CN=S. The van der Waals surface area contributed by atoms with Crippen LogP contribution in [0.2, 0.25) is 0 Å². The zero-order valence-corrected chi connectivity index (χ0v) is 8.14. The molecule has 68 valence electrons. The number of rotatable bonds is 4. The lowest BCUT2D eigenvalue weighted by Crippen LogP contribution is -2.14. The first-order valence-electron chi connectivity index (χ1n) is 2.46. The molecular weight excluding hydrogens is 211 g/mol. The first-order valence-corrected chi connectivity index (χ1v) is 2.82. The maximum atomic E-state index is 10.4. The molecule has 0 heterocycles. The molecular formula is C4H10Cl2N2O2S. The number of hydrogen-bond donors (Lipinski definition) is 1. The smallest absolute Gasteiger partial charge is 0.328 e. The molecule has 7 heteroatoms. The summed E-state index contributed by atoms with van der Waals surface area (Å²) < 4.78 is 7.66. The van der Waals surface area contributed by atoms with E-state index in [1.165, 1.54) is 0 Å². The van der Waals surface area contributed by atoms with Gasteiger partial charge in [0.05, 0.1) is 0 Å². The van der Waals surface area contributed by atoms with Crippen LogP contribution in [0.5, 0.6) is 0 Å². The molecule has 0 saturated heterocycles. The van der Waals surface area contributed by atoms with Crippen molar-refractivity contribution in [2.24, 2.45) is 10.1 Å². The Morgan fingerprint density at radius 3 is 2.45 bits per heavy atom. The van der Waals surface area contributed by atoms with E-state index in [2.05, 4.69) is 21.5 Å². The van der Waals surface area contributed by atoms with Crippen LogP contribution in [-0.2, 0) is 22.0 Å². The average molecular weight is 221 g/mol. The third-order valence-corrected chi connectivity index (χ3v) is 0.704. The lowest BCUT2D eigenvalue weighted by Gasteiger charge is -1.97. The average Bonchev–Trinajstić information content (AvgIpc) is 1.85. The lowest BCUT2D eigenvalue weighted by molar-refractivity contribution is -0.141. The highest BCUT2D eigenvalue weighted by atomic mass is 35.5. The standard InChI is InChI=1S/C4H8N2O2S.2ClH/c5-1-2-8-4(7)3-6-9;;/h1-3,5H2;2*1H. The Kier molecular flexibility index (Phi) is 19.8. The van der Waals surface area contributed by atoms with E-state index in [4.69, 9.17) is 5.73 Å². The van der Waals surface area contributed by atoms with Crippen LogP contribution >= 0.6 is 24.8 Å². The van der Waals surface area contributed by atoms with Gasteiger partial charge in [0.15, 0.2) is 0 Å². The highest BCUT2D eigenvalue weighted by molar-refractivity contribution is 7.47.